The fourth-order valence-corrected chi connectivity index (χ4v) is 2.72. The van der Waals surface area contributed by atoms with E-state index in [9.17, 15) is 8.78 Å². The third kappa shape index (κ3) is 3.63. The number of halogens is 2. The summed E-state index contributed by atoms with van der Waals surface area (Å²) in [5, 5.41) is 7.68. The molecule has 5 nitrogen and oxygen atoms in total. The van der Waals surface area contributed by atoms with Gasteiger partial charge in [0.25, 0.3) is 5.92 Å². The number of ether oxygens (including phenoxy) is 1. The molecule has 1 atom stereocenters. The molecule has 0 saturated heterocycles. The van der Waals surface area contributed by atoms with Crippen molar-refractivity contribution in [2.75, 3.05) is 13.7 Å². The van der Waals surface area contributed by atoms with Crippen LogP contribution in [-0.2, 0) is 24.3 Å². The Labute approximate surface area is 130 Å². The van der Waals surface area contributed by atoms with E-state index in [2.05, 4.69) is 15.4 Å². The molecular weight excluding hydrogens is 290 g/mol. The Morgan fingerprint density at radius 3 is 2.77 bits per heavy atom. The van der Waals surface area contributed by atoms with Crippen LogP contribution in [0.3, 0.4) is 0 Å². The highest BCUT2D eigenvalue weighted by Gasteiger charge is 2.44. The van der Waals surface area contributed by atoms with Crippen molar-refractivity contribution in [1.82, 2.24) is 20.1 Å². The van der Waals surface area contributed by atoms with Crippen LogP contribution in [0.5, 0.6) is 0 Å². The van der Waals surface area contributed by atoms with E-state index in [-0.39, 0.29) is 19.0 Å². The van der Waals surface area contributed by atoms with Crippen LogP contribution in [0.2, 0.25) is 0 Å². The summed E-state index contributed by atoms with van der Waals surface area (Å²) in [4.78, 5) is 4.42. The summed E-state index contributed by atoms with van der Waals surface area (Å²) in [5.41, 5.74) is -1.06. The lowest BCUT2D eigenvalue weighted by molar-refractivity contribution is -0.107. The SMILES string of the molecule is CCC(F)(F)C(C)(C)CNC1CCc2nc(COC)nn2C1. The van der Waals surface area contributed by atoms with Crippen molar-refractivity contribution in [3.63, 3.8) is 0 Å². The van der Waals surface area contributed by atoms with Crippen LogP contribution in [0.25, 0.3) is 0 Å². The molecule has 1 aromatic rings. The van der Waals surface area contributed by atoms with Gasteiger partial charge in [0.2, 0.25) is 0 Å². The molecule has 7 heteroatoms. The number of hydrogen-bond donors (Lipinski definition) is 1. The van der Waals surface area contributed by atoms with Gasteiger partial charge in [0.1, 0.15) is 12.4 Å². The second-order valence-electron chi connectivity index (χ2n) is 6.62. The quantitative estimate of drug-likeness (QED) is 0.839. The molecule has 0 aliphatic carbocycles. The van der Waals surface area contributed by atoms with E-state index in [0.29, 0.717) is 19.0 Å². The Morgan fingerprint density at radius 2 is 2.14 bits per heavy atom. The topological polar surface area (TPSA) is 52.0 Å². The summed E-state index contributed by atoms with van der Waals surface area (Å²) in [6.45, 7) is 6.11. The van der Waals surface area contributed by atoms with Crippen LogP contribution in [0.4, 0.5) is 8.78 Å². The number of fused-ring (bicyclic) bond motifs is 1. The predicted octanol–water partition coefficient (Wildman–Crippen LogP) is 2.40. The maximum Gasteiger partial charge on any atom is 0.254 e. The van der Waals surface area contributed by atoms with Crippen molar-refractivity contribution in [1.29, 1.82) is 0 Å². The average molecular weight is 316 g/mol. The molecule has 0 aromatic carbocycles. The highest BCUT2D eigenvalue weighted by molar-refractivity contribution is 4.98. The van der Waals surface area contributed by atoms with Gasteiger partial charge in [-0.1, -0.05) is 20.8 Å². The van der Waals surface area contributed by atoms with Gasteiger partial charge in [0.05, 0.1) is 6.54 Å². The number of rotatable bonds is 7. The smallest absolute Gasteiger partial charge is 0.254 e. The first-order chi connectivity index (χ1) is 10.3. The minimum absolute atomic E-state index is 0.139. The molecule has 0 spiro atoms. The molecule has 22 heavy (non-hydrogen) atoms. The maximum absolute atomic E-state index is 13.9. The predicted molar refractivity (Wildman–Crippen MR) is 79.9 cm³/mol. The Bertz CT molecular complexity index is 502. The van der Waals surface area contributed by atoms with Crippen molar-refractivity contribution in [3.05, 3.63) is 11.6 Å². The molecule has 2 heterocycles. The second kappa shape index (κ2) is 6.58. The van der Waals surface area contributed by atoms with Crippen molar-refractivity contribution >= 4 is 0 Å². The van der Waals surface area contributed by atoms with E-state index in [4.69, 9.17) is 4.74 Å². The number of nitrogens with zero attached hydrogens (tertiary/aromatic N) is 3. The molecule has 1 aromatic heterocycles. The van der Waals surface area contributed by atoms with Crippen molar-refractivity contribution < 1.29 is 13.5 Å². The Morgan fingerprint density at radius 1 is 1.41 bits per heavy atom. The van der Waals surface area contributed by atoms with Gasteiger partial charge >= 0.3 is 0 Å². The molecule has 126 valence electrons. The standard InChI is InChI=1S/C15H26F2N4O/c1-5-15(16,17)14(2,3)10-18-11-6-7-13-19-12(9-22-4)20-21(13)8-11/h11,18H,5-10H2,1-4H3. The van der Waals surface area contributed by atoms with E-state index in [0.717, 1.165) is 18.7 Å². The fraction of sp³-hybridized carbons (Fsp3) is 0.867. The molecular formula is C15H26F2N4O. The molecule has 0 radical (unpaired) electrons. The Hall–Kier alpha value is -1.08. The monoisotopic (exact) mass is 316 g/mol. The molecule has 1 aliphatic heterocycles. The zero-order valence-corrected chi connectivity index (χ0v) is 13.8. The minimum Gasteiger partial charge on any atom is -0.377 e. The van der Waals surface area contributed by atoms with Crippen molar-refractivity contribution in [3.8, 4) is 0 Å². The van der Waals surface area contributed by atoms with E-state index >= 15 is 0 Å². The summed E-state index contributed by atoms with van der Waals surface area (Å²) in [6.07, 6.45) is 1.55. The first-order valence-electron chi connectivity index (χ1n) is 7.82. The van der Waals surface area contributed by atoms with Gasteiger partial charge in [0.15, 0.2) is 5.82 Å². The summed E-state index contributed by atoms with van der Waals surface area (Å²) >= 11 is 0. The van der Waals surface area contributed by atoms with Gasteiger partial charge < -0.3 is 10.1 Å². The molecule has 0 amide bonds. The number of aryl methyl sites for hydroxylation is 1. The lowest BCUT2D eigenvalue weighted by Gasteiger charge is -2.35. The lowest BCUT2D eigenvalue weighted by Crippen LogP contribution is -2.48. The fourth-order valence-electron chi connectivity index (χ4n) is 2.72. The highest BCUT2D eigenvalue weighted by Crippen LogP contribution is 2.38. The van der Waals surface area contributed by atoms with Crippen molar-refractivity contribution in [2.24, 2.45) is 5.41 Å². The van der Waals surface area contributed by atoms with Crippen LogP contribution in [-0.4, -0.2) is 40.4 Å². The Balaban J connectivity index is 1.93. The molecule has 0 bridgehead atoms. The molecule has 1 aliphatic rings. The van der Waals surface area contributed by atoms with Crippen LogP contribution in [0.1, 0.15) is 45.3 Å². The average Bonchev–Trinajstić information content (AvgIpc) is 2.87. The van der Waals surface area contributed by atoms with Crippen LogP contribution in [0.15, 0.2) is 0 Å². The normalized spacial score (nSPS) is 19.3. The molecule has 0 fully saturated rings. The van der Waals surface area contributed by atoms with Gasteiger partial charge in [0, 0.05) is 38.0 Å². The van der Waals surface area contributed by atoms with Crippen LogP contribution >= 0.6 is 0 Å². The largest absolute Gasteiger partial charge is 0.377 e. The number of nitrogens with one attached hydrogen (secondary N) is 1. The van der Waals surface area contributed by atoms with Crippen LogP contribution < -0.4 is 5.32 Å². The number of aromatic nitrogens is 3. The van der Waals surface area contributed by atoms with E-state index in [1.54, 1.807) is 21.0 Å². The minimum atomic E-state index is -2.67. The lowest BCUT2D eigenvalue weighted by atomic mass is 9.83. The molecule has 2 rings (SSSR count). The zero-order chi connectivity index (χ0) is 16.4. The number of hydrogen-bond acceptors (Lipinski definition) is 4. The summed E-state index contributed by atoms with van der Waals surface area (Å²) in [7, 11) is 1.61. The van der Waals surface area contributed by atoms with E-state index in [1.165, 1.54) is 6.92 Å². The van der Waals surface area contributed by atoms with Gasteiger partial charge in [-0.3, -0.25) is 0 Å². The number of alkyl halides is 2. The molecule has 1 N–H and O–H groups in total. The third-order valence-electron chi connectivity index (χ3n) is 4.44. The van der Waals surface area contributed by atoms with Crippen LogP contribution in [0, 0.1) is 5.41 Å². The van der Waals surface area contributed by atoms with Gasteiger partial charge in [-0.15, -0.1) is 0 Å². The third-order valence-corrected chi connectivity index (χ3v) is 4.44. The van der Waals surface area contributed by atoms with Gasteiger partial charge in [-0.2, -0.15) is 5.10 Å². The van der Waals surface area contributed by atoms with Gasteiger partial charge in [-0.25, -0.2) is 18.4 Å². The molecule has 1 unspecified atom stereocenters. The zero-order valence-electron chi connectivity index (χ0n) is 13.8. The van der Waals surface area contributed by atoms with E-state index in [1.807, 2.05) is 4.68 Å². The first kappa shape index (κ1) is 17.3. The number of methoxy groups -OCH3 is 1. The Kier molecular flexibility index (Phi) is 5.17. The van der Waals surface area contributed by atoms with E-state index < -0.39 is 11.3 Å². The first-order valence-corrected chi connectivity index (χ1v) is 7.82. The maximum atomic E-state index is 13.9. The highest BCUT2D eigenvalue weighted by atomic mass is 19.3. The summed E-state index contributed by atoms with van der Waals surface area (Å²) in [6, 6.07) is 0.150. The summed E-state index contributed by atoms with van der Waals surface area (Å²) in [5.74, 6) is -1.04. The van der Waals surface area contributed by atoms with Gasteiger partial charge in [-0.05, 0) is 6.42 Å². The van der Waals surface area contributed by atoms with Crippen molar-refractivity contribution in [2.45, 2.75) is 65.1 Å². The molecule has 0 saturated carbocycles. The summed E-state index contributed by atoms with van der Waals surface area (Å²) < 4.78 is 34.8. The second-order valence-corrected chi connectivity index (χ2v) is 6.62.